The van der Waals surface area contributed by atoms with E-state index in [0.29, 0.717) is 19.0 Å². The SMILES string of the molecule is c1cnc(-c2cc3[nH]cnc3c(-c3cn[nH]n3)c2N2CCOCC2)nc1. The average molecular weight is 348 g/mol. The minimum Gasteiger partial charge on any atom is -0.378 e. The van der Waals surface area contributed by atoms with Gasteiger partial charge in [-0.3, -0.25) is 0 Å². The molecule has 1 saturated heterocycles. The number of nitrogens with one attached hydrogen (secondary N) is 2. The zero-order valence-corrected chi connectivity index (χ0v) is 13.9. The third-order valence-electron chi connectivity index (χ3n) is 4.49. The Morgan fingerprint density at radius 2 is 1.92 bits per heavy atom. The number of hydrogen-bond acceptors (Lipinski definition) is 7. The van der Waals surface area contributed by atoms with Crippen LogP contribution in [-0.2, 0) is 4.74 Å². The van der Waals surface area contributed by atoms with E-state index in [-0.39, 0.29) is 0 Å². The zero-order chi connectivity index (χ0) is 17.3. The third kappa shape index (κ3) is 2.40. The Kier molecular flexibility index (Phi) is 3.56. The molecule has 1 aliphatic rings. The van der Waals surface area contributed by atoms with E-state index in [1.54, 1.807) is 24.9 Å². The molecule has 4 heterocycles. The van der Waals surface area contributed by atoms with Gasteiger partial charge in [-0.25, -0.2) is 15.0 Å². The van der Waals surface area contributed by atoms with Crippen LogP contribution in [0.5, 0.6) is 0 Å². The zero-order valence-electron chi connectivity index (χ0n) is 13.9. The van der Waals surface area contributed by atoms with Gasteiger partial charge in [-0.05, 0) is 12.1 Å². The molecule has 0 spiro atoms. The number of rotatable bonds is 3. The van der Waals surface area contributed by atoms with Crippen LogP contribution < -0.4 is 4.90 Å². The molecule has 0 bridgehead atoms. The number of benzene rings is 1. The van der Waals surface area contributed by atoms with Crippen molar-refractivity contribution in [2.75, 3.05) is 31.2 Å². The van der Waals surface area contributed by atoms with Gasteiger partial charge in [0.15, 0.2) is 5.82 Å². The Morgan fingerprint density at radius 1 is 1.08 bits per heavy atom. The summed E-state index contributed by atoms with van der Waals surface area (Å²) in [5.74, 6) is 0.662. The molecule has 0 radical (unpaired) electrons. The molecule has 1 aliphatic heterocycles. The fraction of sp³-hybridized carbons (Fsp3) is 0.235. The van der Waals surface area contributed by atoms with Gasteiger partial charge in [-0.2, -0.15) is 15.4 Å². The summed E-state index contributed by atoms with van der Waals surface area (Å²) in [6.07, 6.45) is 6.90. The Bertz CT molecular complexity index is 1020. The smallest absolute Gasteiger partial charge is 0.161 e. The molecule has 0 saturated carbocycles. The second-order valence-electron chi connectivity index (χ2n) is 5.97. The molecule has 9 nitrogen and oxygen atoms in total. The predicted octanol–water partition coefficient (Wildman–Crippen LogP) is 1.64. The Morgan fingerprint density at radius 3 is 2.69 bits per heavy atom. The van der Waals surface area contributed by atoms with Gasteiger partial charge in [-0.15, -0.1) is 0 Å². The Balaban J connectivity index is 1.85. The number of hydrogen-bond donors (Lipinski definition) is 2. The average Bonchev–Trinajstić information content (AvgIpc) is 3.40. The number of anilines is 1. The number of ether oxygens (including phenoxy) is 1. The van der Waals surface area contributed by atoms with E-state index in [2.05, 4.69) is 40.2 Å². The molecule has 5 rings (SSSR count). The molecule has 26 heavy (non-hydrogen) atoms. The standard InChI is InChI=1S/C17H16N8O/c1-2-18-17(19-3-1)11-8-12-15(21-10-20-12)14(13-9-22-24-23-13)16(11)25-4-6-26-7-5-25/h1-3,8-10H,4-7H2,(H,20,21)(H,22,23,24). The molecular formula is C17H16N8O. The first-order valence-corrected chi connectivity index (χ1v) is 8.38. The van der Waals surface area contributed by atoms with Crippen LogP contribution in [0.2, 0.25) is 0 Å². The van der Waals surface area contributed by atoms with E-state index in [1.807, 2.05) is 12.1 Å². The summed E-state index contributed by atoms with van der Waals surface area (Å²) in [6, 6.07) is 3.86. The van der Waals surface area contributed by atoms with Gasteiger partial charge < -0.3 is 14.6 Å². The first-order valence-electron chi connectivity index (χ1n) is 8.38. The second kappa shape index (κ2) is 6.19. The van der Waals surface area contributed by atoms with Crippen molar-refractivity contribution in [2.45, 2.75) is 0 Å². The summed E-state index contributed by atoms with van der Waals surface area (Å²) >= 11 is 0. The van der Waals surface area contributed by atoms with Crippen molar-refractivity contribution in [2.24, 2.45) is 0 Å². The number of morpholine rings is 1. The molecule has 1 aromatic carbocycles. The predicted molar refractivity (Wildman–Crippen MR) is 95.5 cm³/mol. The van der Waals surface area contributed by atoms with Crippen LogP contribution in [-0.4, -0.2) is 61.6 Å². The van der Waals surface area contributed by atoms with Crippen molar-refractivity contribution in [3.05, 3.63) is 37.1 Å². The molecule has 2 N–H and O–H groups in total. The molecule has 0 amide bonds. The maximum Gasteiger partial charge on any atom is 0.161 e. The van der Waals surface area contributed by atoms with Gasteiger partial charge in [0.2, 0.25) is 0 Å². The fourth-order valence-electron chi connectivity index (χ4n) is 3.36. The van der Waals surface area contributed by atoms with Gasteiger partial charge in [0.1, 0.15) is 5.69 Å². The maximum absolute atomic E-state index is 5.54. The van der Waals surface area contributed by atoms with E-state index >= 15 is 0 Å². The quantitative estimate of drug-likeness (QED) is 0.579. The van der Waals surface area contributed by atoms with Crippen molar-refractivity contribution in [3.63, 3.8) is 0 Å². The molecule has 9 heteroatoms. The summed E-state index contributed by atoms with van der Waals surface area (Å²) in [5.41, 5.74) is 5.35. The summed E-state index contributed by atoms with van der Waals surface area (Å²) in [6.45, 7) is 2.90. The van der Waals surface area contributed by atoms with Gasteiger partial charge >= 0.3 is 0 Å². The van der Waals surface area contributed by atoms with Crippen LogP contribution >= 0.6 is 0 Å². The molecular weight excluding hydrogens is 332 g/mol. The lowest BCUT2D eigenvalue weighted by molar-refractivity contribution is 0.123. The number of aromatic amines is 2. The molecule has 0 unspecified atom stereocenters. The van der Waals surface area contributed by atoms with Crippen LogP contribution in [0.1, 0.15) is 0 Å². The molecule has 4 aromatic rings. The monoisotopic (exact) mass is 348 g/mol. The van der Waals surface area contributed by atoms with Crippen LogP contribution in [0.25, 0.3) is 33.7 Å². The Labute approximate surface area is 148 Å². The number of imidazole rings is 1. The summed E-state index contributed by atoms with van der Waals surface area (Å²) < 4.78 is 5.54. The highest BCUT2D eigenvalue weighted by Crippen LogP contribution is 2.42. The number of aromatic nitrogens is 7. The maximum atomic E-state index is 5.54. The number of fused-ring (bicyclic) bond motifs is 1. The van der Waals surface area contributed by atoms with Crippen molar-refractivity contribution >= 4 is 16.7 Å². The first kappa shape index (κ1) is 15.0. The van der Waals surface area contributed by atoms with Crippen molar-refractivity contribution in [3.8, 4) is 22.6 Å². The fourth-order valence-corrected chi connectivity index (χ4v) is 3.36. The molecule has 0 aliphatic carbocycles. The summed E-state index contributed by atoms with van der Waals surface area (Å²) in [4.78, 5) is 18.9. The van der Waals surface area contributed by atoms with Crippen LogP contribution in [0.3, 0.4) is 0 Å². The van der Waals surface area contributed by atoms with Gasteiger partial charge in [-0.1, -0.05) is 0 Å². The molecule has 1 fully saturated rings. The molecule has 130 valence electrons. The summed E-state index contributed by atoms with van der Waals surface area (Å²) in [7, 11) is 0. The Hall–Kier alpha value is -3.33. The second-order valence-corrected chi connectivity index (χ2v) is 5.97. The van der Waals surface area contributed by atoms with E-state index < -0.39 is 0 Å². The molecule has 0 atom stereocenters. The van der Waals surface area contributed by atoms with E-state index in [1.165, 1.54) is 0 Å². The lowest BCUT2D eigenvalue weighted by atomic mass is 10.00. The minimum atomic E-state index is 0.662. The highest BCUT2D eigenvalue weighted by Gasteiger charge is 2.26. The van der Waals surface area contributed by atoms with E-state index in [9.17, 15) is 0 Å². The van der Waals surface area contributed by atoms with Gasteiger partial charge in [0.05, 0.1) is 48.0 Å². The largest absolute Gasteiger partial charge is 0.378 e. The first-order chi connectivity index (χ1) is 12.9. The van der Waals surface area contributed by atoms with Gasteiger partial charge in [0.25, 0.3) is 0 Å². The lowest BCUT2D eigenvalue weighted by Crippen LogP contribution is -2.37. The number of H-pyrrole nitrogens is 2. The van der Waals surface area contributed by atoms with E-state index in [4.69, 9.17) is 4.74 Å². The van der Waals surface area contributed by atoms with Crippen LogP contribution in [0, 0.1) is 0 Å². The van der Waals surface area contributed by atoms with Gasteiger partial charge in [0, 0.05) is 31.0 Å². The van der Waals surface area contributed by atoms with E-state index in [0.717, 1.165) is 46.6 Å². The van der Waals surface area contributed by atoms with Crippen molar-refractivity contribution < 1.29 is 4.74 Å². The lowest BCUT2D eigenvalue weighted by Gasteiger charge is -2.32. The number of nitrogens with zero attached hydrogens (tertiary/aromatic N) is 6. The summed E-state index contributed by atoms with van der Waals surface area (Å²) in [5, 5.41) is 11.0. The normalized spacial score (nSPS) is 14.8. The third-order valence-corrected chi connectivity index (χ3v) is 4.49. The van der Waals surface area contributed by atoms with Crippen LogP contribution in [0.15, 0.2) is 37.1 Å². The highest BCUT2D eigenvalue weighted by atomic mass is 16.5. The van der Waals surface area contributed by atoms with Crippen molar-refractivity contribution in [1.29, 1.82) is 0 Å². The topological polar surface area (TPSA) is 108 Å². The molecule has 3 aromatic heterocycles. The van der Waals surface area contributed by atoms with Crippen LogP contribution in [0.4, 0.5) is 5.69 Å². The minimum absolute atomic E-state index is 0.662. The van der Waals surface area contributed by atoms with Crippen molar-refractivity contribution in [1.82, 2.24) is 35.3 Å². The highest BCUT2D eigenvalue weighted by molar-refractivity contribution is 6.04.